The Morgan fingerprint density at radius 1 is 1.50 bits per heavy atom. The molecule has 0 unspecified atom stereocenters. The summed E-state index contributed by atoms with van der Waals surface area (Å²) in [6.45, 7) is 0.349. The molecule has 0 saturated carbocycles. The fourth-order valence-electron chi connectivity index (χ4n) is 1.41. The quantitative estimate of drug-likeness (QED) is 0.853. The lowest BCUT2D eigenvalue weighted by Crippen LogP contribution is -2.24. The van der Waals surface area contributed by atoms with Crippen LogP contribution >= 0.6 is 0 Å². The molecule has 90 valence electrons. The standard InChI is InChI=1S/C12H11N5O/c1-17-5-4-10(16-17)8-15-12(18)11-3-2-9(6-13)7-14-11/h2-5,7H,8H2,1H3,(H,15,18). The first-order valence-electron chi connectivity index (χ1n) is 5.32. The lowest BCUT2D eigenvalue weighted by Gasteiger charge is -2.02. The minimum absolute atomic E-state index is 0.282. The van der Waals surface area contributed by atoms with Crippen molar-refractivity contribution in [2.24, 2.45) is 7.05 Å². The maximum atomic E-state index is 11.7. The van der Waals surface area contributed by atoms with Crippen LogP contribution in [0.3, 0.4) is 0 Å². The summed E-state index contributed by atoms with van der Waals surface area (Å²) in [5.74, 6) is -0.287. The number of hydrogen-bond donors (Lipinski definition) is 1. The molecule has 6 nitrogen and oxygen atoms in total. The smallest absolute Gasteiger partial charge is 0.270 e. The number of nitrogens with one attached hydrogen (secondary N) is 1. The average Bonchev–Trinajstić information content (AvgIpc) is 2.82. The van der Waals surface area contributed by atoms with Crippen LogP contribution < -0.4 is 5.32 Å². The highest BCUT2D eigenvalue weighted by Crippen LogP contribution is 2.00. The number of aryl methyl sites for hydroxylation is 1. The van der Waals surface area contributed by atoms with Gasteiger partial charge in [0.2, 0.25) is 0 Å². The highest BCUT2D eigenvalue weighted by Gasteiger charge is 2.07. The van der Waals surface area contributed by atoms with E-state index in [0.717, 1.165) is 5.69 Å². The second-order valence-corrected chi connectivity index (χ2v) is 3.71. The highest BCUT2D eigenvalue weighted by atomic mass is 16.1. The van der Waals surface area contributed by atoms with Crippen molar-refractivity contribution in [3.63, 3.8) is 0 Å². The molecule has 0 fully saturated rings. The maximum absolute atomic E-state index is 11.7. The Morgan fingerprint density at radius 2 is 2.33 bits per heavy atom. The molecule has 0 radical (unpaired) electrons. The third-order valence-corrected chi connectivity index (χ3v) is 2.32. The minimum Gasteiger partial charge on any atom is -0.345 e. The third-order valence-electron chi connectivity index (χ3n) is 2.32. The van der Waals surface area contributed by atoms with Gasteiger partial charge in [-0.2, -0.15) is 10.4 Å². The van der Waals surface area contributed by atoms with Gasteiger partial charge in [-0.05, 0) is 18.2 Å². The van der Waals surface area contributed by atoms with Crippen LogP contribution in [0, 0.1) is 11.3 Å². The van der Waals surface area contributed by atoms with E-state index in [0.29, 0.717) is 12.1 Å². The molecule has 0 spiro atoms. The molecule has 1 N–H and O–H groups in total. The van der Waals surface area contributed by atoms with Crippen molar-refractivity contribution in [2.45, 2.75) is 6.54 Å². The summed E-state index contributed by atoms with van der Waals surface area (Å²) in [5, 5.41) is 15.5. The van der Waals surface area contributed by atoms with E-state index in [9.17, 15) is 4.79 Å². The molecule has 2 aromatic rings. The van der Waals surface area contributed by atoms with E-state index in [2.05, 4.69) is 15.4 Å². The van der Waals surface area contributed by atoms with Gasteiger partial charge in [0.1, 0.15) is 11.8 Å². The molecule has 6 heteroatoms. The molecule has 0 saturated heterocycles. The average molecular weight is 241 g/mol. The molecule has 2 rings (SSSR count). The van der Waals surface area contributed by atoms with Crippen LogP contribution in [0.4, 0.5) is 0 Å². The molecule has 0 aromatic carbocycles. The number of carbonyl (C=O) groups excluding carboxylic acids is 1. The Kier molecular flexibility index (Phi) is 3.34. The molecule has 0 aliphatic rings. The highest BCUT2D eigenvalue weighted by molar-refractivity contribution is 5.92. The van der Waals surface area contributed by atoms with E-state index < -0.39 is 0 Å². The van der Waals surface area contributed by atoms with Gasteiger partial charge in [-0.1, -0.05) is 0 Å². The minimum atomic E-state index is -0.287. The van der Waals surface area contributed by atoms with E-state index in [-0.39, 0.29) is 11.6 Å². The van der Waals surface area contributed by atoms with E-state index in [4.69, 9.17) is 5.26 Å². The van der Waals surface area contributed by atoms with Gasteiger partial charge in [-0.25, -0.2) is 4.98 Å². The maximum Gasteiger partial charge on any atom is 0.270 e. The van der Waals surface area contributed by atoms with Crippen molar-refractivity contribution in [3.8, 4) is 6.07 Å². The van der Waals surface area contributed by atoms with Gasteiger partial charge in [0, 0.05) is 19.4 Å². The number of aromatic nitrogens is 3. The number of carbonyl (C=O) groups is 1. The van der Waals surface area contributed by atoms with Crippen molar-refractivity contribution in [1.29, 1.82) is 5.26 Å². The van der Waals surface area contributed by atoms with E-state index in [1.54, 1.807) is 16.9 Å². The molecule has 0 aliphatic carbocycles. The molecule has 0 bridgehead atoms. The van der Waals surface area contributed by atoms with Crippen molar-refractivity contribution >= 4 is 5.91 Å². The Balaban J connectivity index is 1.97. The summed E-state index contributed by atoms with van der Waals surface area (Å²) < 4.78 is 1.67. The molecular formula is C12H11N5O. The first-order chi connectivity index (χ1) is 8.69. The molecule has 18 heavy (non-hydrogen) atoms. The predicted molar refractivity (Wildman–Crippen MR) is 63.3 cm³/mol. The second kappa shape index (κ2) is 5.10. The number of pyridine rings is 1. The third kappa shape index (κ3) is 2.71. The van der Waals surface area contributed by atoms with Crippen LogP contribution in [0.5, 0.6) is 0 Å². The molecule has 2 heterocycles. The van der Waals surface area contributed by atoms with Gasteiger partial charge in [-0.3, -0.25) is 9.48 Å². The van der Waals surface area contributed by atoms with Crippen LogP contribution in [-0.4, -0.2) is 20.7 Å². The normalized spacial score (nSPS) is 9.78. The number of amides is 1. The monoisotopic (exact) mass is 241 g/mol. The fraction of sp³-hybridized carbons (Fsp3) is 0.167. The van der Waals surface area contributed by atoms with Crippen molar-refractivity contribution in [1.82, 2.24) is 20.1 Å². The number of nitriles is 1. The zero-order valence-electron chi connectivity index (χ0n) is 9.79. The Hall–Kier alpha value is -2.68. The van der Waals surface area contributed by atoms with Crippen LogP contribution in [0.15, 0.2) is 30.6 Å². The molecular weight excluding hydrogens is 230 g/mol. The summed E-state index contributed by atoms with van der Waals surface area (Å²) >= 11 is 0. The Bertz CT molecular complexity index is 594. The first-order valence-corrected chi connectivity index (χ1v) is 5.32. The van der Waals surface area contributed by atoms with Gasteiger partial charge in [0.05, 0.1) is 17.8 Å². The largest absolute Gasteiger partial charge is 0.345 e. The van der Waals surface area contributed by atoms with E-state index >= 15 is 0 Å². The van der Waals surface area contributed by atoms with Gasteiger partial charge < -0.3 is 5.32 Å². The number of hydrogen-bond acceptors (Lipinski definition) is 4. The zero-order valence-corrected chi connectivity index (χ0v) is 9.79. The van der Waals surface area contributed by atoms with Crippen LogP contribution in [0.1, 0.15) is 21.7 Å². The van der Waals surface area contributed by atoms with Crippen LogP contribution in [0.25, 0.3) is 0 Å². The summed E-state index contributed by atoms with van der Waals surface area (Å²) in [5.41, 5.74) is 1.49. The molecule has 1 amide bonds. The van der Waals surface area contributed by atoms with Crippen LogP contribution in [0.2, 0.25) is 0 Å². The van der Waals surface area contributed by atoms with Crippen molar-refractivity contribution in [2.75, 3.05) is 0 Å². The predicted octanol–water partition coefficient (Wildman–Crippen LogP) is 0.617. The zero-order chi connectivity index (χ0) is 13.0. The molecule has 0 atom stereocenters. The van der Waals surface area contributed by atoms with Crippen molar-refractivity contribution in [3.05, 3.63) is 47.5 Å². The number of rotatable bonds is 3. The summed E-state index contributed by atoms with van der Waals surface area (Å²) in [6.07, 6.45) is 3.18. The van der Waals surface area contributed by atoms with Gasteiger partial charge in [0.15, 0.2) is 0 Å². The van der Waals surface area contributed by atoms with E-state index in [1.165, 1.54) is 12.3 Å². The summed E-state index contributed by atoms with van der Waals surface area (Å²) in [6, 6.07) is 6.85. The van der Waals surface area contributed by atoms with Gasteiger partial charge >= 0.3 is 0 Å². The fourth-order valence-corrected chi connectivity index (χ4v) is 1.41. The summed E-state index contributed by atoms with van der Waals surface area (Å²) in [7, 11) is 1.81. The van der Waals surface area contributed by atoms with Crippen molar-refractivity contribution < 1.29 is 4.79 Å². The summed E-state index contributed by atoms with van der Waals surface area (Å²) in [4.78, 5) is 15.6. The van der Waals surface area contributed by atoms with Gasteiger partial charge in [0.25, 0.3) is 5.91 Å². The topological polar surface area (TPSA) is 83.6 Å². The first kappa shape index (κ1) is 11.8. The lowest BCUT2D eigenvalue weighted by molar-refractivity contribution is 0.0945. The molecule has 2 aromatic heterocycles. The van der Waals surface area contributed by atoms with Crippen LogP contribution in [-0.2, 0) is 13.6 Å². The lowest BCUT2D eigenvalue weighted by atomic mass is 10.2. The Labute approximate surface area is 104 Å². The Morgan fingerprint density at radius 3 is 2.89 bits per heavy atom. The second-order valence-electron chi connectivity index (χ2n) is 3.71. The van der Waals surface area contributed by atoms with E-state index in [1.807, 2.05) is 19.2 Å². The SMILES string of the molecule is Cn1ccc(CNC(=O)c2ccc(C#N)cn2)n1. The van der Waals surface area contributed by atoms with Gasteiger partial charge in [-0.15, -0.1) is 0 Å². The number of nitrogens with zero attached hydrogens (tertiary/aromatic N) is 4. The molecule has 0 aliphatic heterocycles.